The average molecular weight is 292 g/mol. The highest BCUT2D eigenvalue weighted by molar-refractivity contribution is 4.86. The van der Waals surface area contributed by atoms with E-state index in [4.69, 9.17) is 5.84 Å². The fourth-order valence-corrected chi connectivity index (χ4v) is 2.70. The molecule has 0 saturated heterocycles. The van der Waals surface area contributed by atoms with Gasteiger partial charge < -0.3 is 0 Å². The van der Waals surface area contributed by atoms with Gasteiger partial charge in [-0.3, -0.25) is 11.3 Å². The second kappa shape index (κ2) is 6.30. The number of hydrogen-bond acceptors (Lipinski definition) is 2. The molecule has 114 valence electrons. The van der Waals surface area contributed by atoms with Crippen molar-refractivity contribution in [2.24, 2.45) is 17.7 Å². The van der Waals surface area contributed by atoms with Crippen molar-refractivity contribution in [2.45, 2.75) is 56.9 Å². The first kappa shape index (κ1) is 16.6. The summed E-state index contributed by atoms with van der Waals surface area (Å²) in [5.41, 5.74) is 1.70. The first-order valence-electron chi connectivity index (χ1n) is 6.25. The molecule has 2 nitrogen and oxygen atoms in total. The molecule has 1 fully saturated rings. The minimum absolute atomic E-state index is 0.217. The topological polar surface area (TPSA) is 38.0 Å². The van der Waals surface area contributed by atoms with Gasteiger partial charge in [0.25, 0.3) is 0 Å². The zero-order valence-corrected chi connectivity index (χ0v) is 10.3. The number of hydrogen-bond donors (Lipinski definition) is 2. The zero-order valence-electron chi connectivity index (χ0n) is 10.3. The molecule has 0 radical (unpaired) electrons. The van der Waals surface area contributed by atoms with Crippen molar-refractivity contribution in [3.8, 4) is 0 Å². The summed E-state index contributed by atoms with van der Waals surface area (Å²) in [5, 5.41) is 0. The van der Waals surface area contributed by atoms with Crippen LogP contribution in [0.5, 0.6) is 0 Å². The largest absolute Gasteiger partial charge is 0.402 e. The number of halogens is 6. The Morgan fingerprint density at radius 1 is 1.00 bits per heavy atom. The Hall–Kier alpha value is -0.500. The normalized spacial score (nSPS) is 20.2. The van der Waals surface area contributed by atoms with Crippen LogP contribution in [0.25, 0.3) is 0 Å². The number of hydrazine groups is 1. The van der Waals surface area contributed by atoms with Crippen molar-refractivity contribution in [3.63, 3.8) is 0 Å². The highest BCUT2D eigenvalue weighted by atomic mass is 19.4. The molecule has 1 atom stereocenters. The first-order valence-corrected chi connectivity index (χ1v) is 6.25. The van der Waals surface area contributed by atoms with Gasteiger partial charge in [-0.2, -0.15) is 26.3 Å². The lowest BCUT2D eigenvalue weighted by atomic mass is 9.90. The van der Waals surface area contributed by atoms with Gasteiger partial charge >= 0.3 is 12.4 Å². The standard InChI is InChI=1S/C11H18F6N2/c12-10(13,14)9(11(15,16)17)8(19-18)6-5-7-3-1-2-4-7/h7-9,19H,1-6,18H2. The van der Waals surface area contributed by atoms with E-state index in [1.165, 1.54) is 0 Å². The number of rotatable bonds is 5. The lowest BCUT2D eigenvalue weighted by molar-refractivity contribution is -0.292. The van der Waals surface area contributed by atoms with Gasteiger partial charge in [-0.1, -0.05) is 25.7 Å². The molecule has 0 aromatic heterocycles. The van der Waals surface area contributed by atoms with E-state index < -0.39 is 24.3 Å². The predicted molar refractivity (Wildman–Crippen MR) is 57.9 cm³/mol. The molecule has 3 N–H and O–H groups in total. The van der Waals surface area contributed by atoms with E-state index in [1.54, 1.807) is 5.43 Å². The second-order valence-corrected chi connectivity index (χ2v) is 5.06. The van der Waals surface area contributed by atoms with Crippen molar-refractivity contribution in [1.29, 1.82) is 0 Å². The van der Waals surface area contributed by atoms with Crippen molar-refractivity contribution < 1.29 is 26.3 Å². The Bertz CT molecular complexity index is 255. The molecule has 0 aromatic carbocycles. The quantitative estimate of drug-likeness (QED) is 0.462. The molecule has 8 heteroatoms. The minimum atomic E-state index is -5.34. The van der Waals surface area contributed by atoms with Crippen LogP contribution >= 0.6 is 0 Å². The average Bonchev–Trinajstić information content (AvgIpc) is 2.72. The molecule has 0 amide bonds. The molecule has 1 unspecified atom stereocenters. The monoisotopic (exact) mass is 292 g/mol. The maximum absolute atomic E-state index is 12.5. The highest BCUT2D eigenvalue weighted by Gasteiger charge is 2.59. The van der Waals surface area contributed by atoms with Gasteiger partial charge in [-0.15, -0.1) is 0 Å². The summed E-state index contributed by atoms with van der Waals surface area (Å²) in [6.45, 7) is 0. The lowest BCUT2D eigenvalue weighted by Crippen LogP contribution is -2.53. The minimum Gasteiger partial charge on any atom is -0.271 e. The number of alkyl halides is 6. The summed E-state index contributed by atoms with van der Waals surface area (Å²) in [7, 11) is 0. The molecule has 0 heterocycles. The summed E-state index contributed by atoms with van der Waals surface area (Å²) < 4.78 is 75.2. The van der Waals surface area contributed by atoms with E-state index in [9.17, 15) is 26.3 Å². The van der Waals surface area contributed by atoms with E-state index in [0.717, 1.165) is 25.7 Å². The number of nitrogens with one attached hydrogen (secondary N) is 1. The van der Waals surface area contributed by atoms with Crippen molar-refractivity contribution >= 4 is 0 Å². The fourth-order valence-electron chi connectivity index (χ4n) is 2.70. The van der Waals surface area contributed by atoms with Crippen molar-refractivity contribution in [3.05, 3.63) is 0 Å². The Kier molecular flexibility index (Phi) is 5.49. The SMILES string of the molecule is NNC(CCC1CCCC1)C(C(F)(F)F)C(F)(F)F. The smallest absolute Gasteiger partial charge is 0.271 e. The van der Waals surface area contributed by atoms with Crippen LogP contribution in [0, 0.1) is 11.8 Å². The third-order valence-corrected chi connectivity index (χ3v) is 3.68. The molecule has 0 bridgehead atoms. The van der Waals surface area contributed by atoms with Gasteiger partial charge in [0, 0.05) is 6.04 Å². The molecule has 0 aromatic rings. The van der Waals surface area contributed by atoms with Gasteiger partial charge in [0.15, 0.2) is 5.92 Å². The van der Waals surface area contributed by atoms with Gasteiger partial charge in [0.2, 0.25) is 0 Å². The number of nitrogens with two attached hydrogens (primary N) is 1. The molecule has 0 aliphatic heterocycles. The summed E-state index contributed by atoms with van der Waals surface area (Å²) in [6, 6.07) is -1.82. The summed E-state index contributed by atoms with van der Waals surface area (Å²) >= 11 is 0. The third kappa shape index (κ3) is 4.83. The Labute approximate surface area is 107 Å². The van der Waals surface area contributed by atoms with Crippen LogP contribution in [0.2, 0.25) is 0 Å². The second-order valence-electron chi connectivity index (χ2n) is 5.06. The maximum Gasteiger partial charge on any atom is 0.402 e. The molecule has 0 spiro atoms. The van der Waals surface area contributed by atoms with Crippen LogP contribution in [0.15, 0.2) is 0 Å². The van der Waals surface area contributed by atoms with Crippen LogP contribution < -0.4 is 11.3 Å². The van der Waals surface area contributed by atoms with Crippen LogP contribution in [0.3, 0.4) is 0 Å². The molecule has 1 saturated carbocycles. The molecule has 19 heavy (non-hydrogen) atoms. The van der Waals surface area contributed by atoms with E-state index >= 15 is 0 Å². The molecule has 1 aliphatic rings. The van der Waals surface area contributed by atoms with Crippen LogP contribution in [-0.2, 0) is 0 Å². The predicted octanol–water partition coefficient (Wildman–Crippen LogP) is 3.53. The van der Waals surface area contributed by atoms with Gasteiger partial charge in [0.1, 0.15) is 0 Å². The van der Waals surface area contributed by atoms with Crippen molar-refractivity contribution in [1.82, 2.24) is 5.43 Å². The Morgan fingerprint density at radius 3 is 1.84 bits per heavy atom. The van der Waals surface area contributed by atoms with Gasteiger partial charge in [0.05, 0.1) is 0 Å². The van der Waals surface area contributed by atoms with Gasteiger partial charge in [-0.05, 0) is 18.8 Å². The highest BCUT2D eigenvalue weighted by Crippen LogP contribution is 2.43. The zero-order chi connectivity index (χ0) is 14.7. The molecular weight excluding hydrogens is 274 g/mol. The Balaban J connectivity index is 2.67. The van der Waals surface area contributed by atoms with Gasteiger partial charge in [-0.25, -0.2) is 0 Å². The fraction of sp³-hybridized carbons (Fsp3) is 1.00. The Morgan fingerprint density at radius 2 is 1.47 bits per heavy atom. The molecule has 1 rings (SSSR count). The third-order valence-electron chi connectivity index (χ3n) is 3.68. The van der Waals surface area contributed by atoms with Crippen LogP contribution in [-0.4, -0.2) is 18.4 Å². The van der Waals surface area contributed by atoms with Crippen LogP contribution in [0.4, 0.5) is 26.3 Å². The lowest BCUT2D eigenvalue weighted by Gasteiger charge is -2.30. The summed E-state index contributed by atoms with van der Waals surface area (Å²) in [5.74, 6) is 1.71. The first-order chi connectivity index (χ1) is 8.66. The van der Waals surface area contributed by atoms with Crippen molar-refractivity contribution in [2.75, 3.05) is 0 Å². The van der Waals surface area contributed by atoms with E-state index in [-0.39, 0.29) is 12.3 Å². The summed E-state index contributed by atoms with van der Waals surface area (Å²) in [6.07, 6.45) is -6.82. The molecule has 1 aliphatic carbocycles. The molecular formula is C11H18F6N2. The van der Waals surface area contributed by atoms with E-state index in [2.05, 4.69) is 0 Å². The maximum atomic E-state index is 12.5. The van der Waals surface area contributed by atoms with Crippen LogP contribution in [0.1, 0.15) is 38.5 Å². The van der Waals surface area contributed by atoms with E-state index in [0.29, 0.717) is 6.42 Å². The van der Waals surface area contributed by atoms with E-state index in [1.807, 2.05) is 0 Å². The summed E-state index contributed by atoms with van der Waals surface area (Å²) in [4.78, 5) is 0.